The Kier molecular flexibility index (Phi) is 6.00. The molecule has 4 aromatic rings. The maximum atomic E-state index is 13.5. The third kappa shape index (κ3) is 4.44. The minimum absolute atomic E-state index is 0.0408. The minimum Gasteiger partial charge on any atom is -0.504 e. The van der Waals surface area contributed by atoms with Crippen molar-refractivity contribution < 1.29 is 19.4 Å². The monoisotopic (exact) mass is 431 g/mol. The Hall–Kier alpha value is -3.64. The maximum Gasteiger partial charge on any atom is 0.196 e. The quantitative estimate of drug-likeness (QED) is 0.294. The molecule has 156 valence electrons. The Bertz CT molecular complexity index is 1230. The Morgan fingerprint density at radius 1 is 1.10 bits per heavy atom. The van der Waals surface area contributed by atoms with E-state index in [0.29, 0.717) is 34.3 Å². The van der Waals surface area contributed by atoms with Crippen molar-refractivity contribution in [2.45, 2.75) is 6.92 Å². The van der Waals surface area contributed by atoms with Gasteiger partial charge in [0.05, 0.1) is 29.5 Å². The summed E-state index contributed by atoms with van der Waals surface area (Å²) in [5.74, 6) is 0.951. The first-order valence-electron chi connectivity index (χ1n) is 9.81. The number of ether oxygens (including phenoxy) is 2. The number of Topliss-reactive ketones (excluding diaryl/α,β-unsaturated/α-hetero) is 1. The number of phenolic OH excluding ortho intramolecular Hbond substituents is 1. The number of thiazole rings is 1. The van der Waals surface area contributed by atoms with Crippen LogP contribution in [0.2, 0.25) is 0 Å². The molecule has 0 fully saturated rings. The van der Waals surface area contributed by atoms with Crippen LogP contribution in [0, 0.1) is 0 Å². The first-order chi connectivity index (χ1) is 15.1. The first-order valence-corrected chi connectivity index (χ1v) is 10.6. The molecule has 0 saturated carbocycles. The third-order valence-corrected chi connectivity index (χ3v) is 5.78. The number of ketones is 1. The van der Waals surface area contributed by atoms with Gasteiger partial charge in [-0.2, -0.15) is 0 Å². The SMILES string of the molecule is CCOc1ccc(C(=O)/C(=C\c2ccc(O)c(OC)c2)c2nc3ccccc3s2)cc1. The average molecular weight is 432 g/mol. The number of phenols is 1. The van der Waals surface area contributed by atoms with Crippen molar-refractivity contribution in [3.05, 3.63) is 82.9 Å². The van der Waals surface area contributed by atoms with E-state index in [2.05, 4.69) is 4.98 Å². The van der Waals surface area contributed by atoms with E-state index in [9.17, 15) is 9.90 Å². The molecule has 0 aliphatic rings. The number of aromatic hydroxyl groups is 1. The van der Waals surface area contributed by atoms with Gasteiger partial charge < -0.3 is 14.6 Å². The maximum absolute atomic E-state index is 13.5. The van der Waals surface area contributed by atoms with E-state index in [1.807, 2.05) is 31.2 Å². The summed E-state index contributed by atoms with van der Waals surface area (Å²) < 4.78 is 11.7. The van der Waals surface area contributed by atoms with E-state index in [4.69, 9.17) is 9.47 Å². The molecule has 31 heavy (non-hydrogen) atoms. The van der Waals surface area contributed by atoms with Crippen LogP contribution in [0.1, 0.15) is 27.9 Å². The summed E-state index contributed by atoms with van der Waals surface area (Å²) in [6.07, 6.45) is 1.78. The summed E-state index contributed by atoms with van der Waals surface area (Å²) in [7, 11) is 1.49. The van der Waals surface area contributed by atoms with Crippen molar-refractivity contribution in [2.24, 2.45) is 0 Å². The molecule has 1 N–H and O–H groups in total. The van der Waals surface area contributed by atoms with Crippen LogP contribution in [-0.2, 0) is 0 Å². The largest absolute Gasteiger partial charge is 0.504 e. The van der Waals surface area contributed by atoms with Gasteiger partial charge in [-0.3, -0.25) is 4.79 Å². The number of para-hydroxylation sites is 1. The number of carbonyl (C=O) groups is 1. The van der Waals surface area contributed by atoms with Gasteiger partial charge in [0, 0.05) is 5.56 Å². The number of hydrogen-bond acceptors (Lipinski definition) is 6. The van der Waals surface area contributed by atoms with Crippen LogP contribution in [0.3, 0.4) is 0 Å². The van der Waals surface area contributed by atoms with Crippen LogP contribution < -0.4 is 9.47 Å². The van der Waals surface area contributed by atoms with Crippen LogP contribution >= 0.6 is 11.3 Å². The van der Waals surface area contributed by atoms with Gasteiger partial charge in [0.15, 0.2) is 17.3 Å². The highest BCUT2D eigenvalue weighted by Crippen LogP contribution is 2.33. The highest BCUT2D eigenvalue weighted by Gasteiger charge is 2.19. The highest BCUT2D eigenvalue weighted by molar-refractivity contribution is 7.20. The summed E-state index contributed by atoms with van der Waals surface area (Å²) in [5.41, 5.74) is 2.58. The number of fused-ring (bicyclic) bond motifs is 1. The molecular weight excluding hydrogens is 410 g/mol. The number of allylic oxidation sites excluding steroid dienone is 1. The second kappa shape index (κ2) is 9.02. The van der Waals surface area contributed by atoms with Gasteiger partial charge in [-0.15, -0.1) is 11.3 Å². The van der Waals surface area contributed by atoms with Crippen LogP contribution in [0.5, 0.6) is 17.2 Å². The summed E-state index contributed by atoms with van der Waals surface area (Å²) in [6, 6.07) is 19.8. The topological polar surface area (TPSA) is 68.7 Å². The predicted molar refractivity (Wildman–Crippen MR) is 124 cm³/mol. The molecule has 1 heterocycles. The Morgan fingerprint density at radius 3 is 2.58 bits per heavy atom. The summed E-state index contributed by atoms with van der Waals surface area (Å²) in [4.78, 5) is 18.2. The number of benzene rings is 3. The zero-order valence-corrected chi connectivity index (χ0v) is 18.0. The van der Waals surface area contributed by atoms with Crippen molar-refractivity contribution in [3.63, 3.8) is 0 Å². The predicted octanol–water partition coefficient (Wildman–Crippen LogP) is 5.83. The van der Waals surface area contributed by atoms with Crippen LogP contribution in [0.25, 0.3) is 21.9 Å². The fourth-order valence-electron chi connectivity index (χ4n) is 3.19. The standard InChI is InChI=1S/C25H21NO4S/c1-3-30-18-11-9-17(10-12-18)24(28)19(14-16-8-13-21(27)22(15-16)29-2)25-26-20-6-4-5-7-23(20)31-25/h4-15,27H,3H2,1-2H3/b19-14+. The van der Waals surface area contributed by atoms with E-state index in [1.165, 1.54) is 18.4 Å². The molecule has 5 nitrogen and oxygen atoms in total. The summed E-state index contributed by atoms with van der Waals surface area (Å²) in [6.45, 7) is 2.48. The van der Waals surface area contributed by atoms with Gasteiger partial charge >= 0.3 is 0 Å². The van der Waals surface area contributed by atoms with Crippen molar-refractivity contribution in [1.82, 2.24) is 4.98 Å². The number of nitrogens with zero attached hydrogens (tertiary/aromatic N) is 1. The molecule has 0 aliphatic carbocycles. The zero-order valence-electron chi connectivity index (χ0n) is 17.2. The molecule has 4 rings (SSSR count). The molecule has 0 atom stereocenters. The molecule has 0 bridgehead atoms. The lowest BCUT2D eigenvalue weighted by molar-refractivity contribution is 0.105. The summed E-state index contributed by atoms with van der Waals surface area (Å²) >= 11 is 1.47. The molecule has 6 heteroatoms. The van der Waals surface area contributed by atoms with Gasteiger partial charge in [-0.1, -0.05) is 18.2 Å². The smallest absolute Gasteiger partial charge is 0.196 e. The molecular formula is C25H21NO4S. The van der Waals surface area contributed by atoms with E-state index in [0.717, 1.165) is 15.8 Å². The van der Waals surface area contributed by atoms with Crippen molar-refractivity contribution >= 4 is 39.0 Å². The Balaban J connectivity index is 1.81. The van der Waals surface area contributed by atoms with Crippen molar-refractivity contribution in [3.8, 4) is 17.2 Å². The lowest BCUT2D eigenvalue weighted by Gasteiger charge is -2.08. The van der Waals surface area contributed by atoms with Gasteiger partial charge in [-0.05, 0) is 67.1 Å². The minimum atomic E-state index is -0.144. The number of rotatable bonds is 7. The van der Waals surface area contributed by atoms with Crippen molar-refractivity contribution in [2.75, 3.05) is 13.7 Å². The van der Waals surface area contributed by atoms with E-state index >= 15 is 0 Å². The Labute approximate surface area is 184 Å². The molecule has 0 saturated heterocycles. The number of aromatic nitrogens is 1. The number of carbonyl (C=O) groups excluding carboxylic acids is 1. The second-order valence-electron chi connectivity index (χ2n) is 6.76. The lowest BCUT2D eigenvalue weighted by Crippen LogP contribution is -2.03. The molecule has 3 aromatic carbocycles. The zero-order chi connectivity index (χ0) is 21.8. The fraction of sp³-hybridized carbons (Fsp3) is 0.120. The molecule has 0 radical (unpaired) electrons. The highest BCUT2D eigenvalue weighted by atomic mass is 32.1. The molecule has 0 unspecified atom stereocenters. The van der Waals surface area contributed by atoms with Crippen LogP contribution in [-0.4, -0.2) is 29.6 Å². The normalized spacial score (nSPS) is 11.5. The fourth-order valence-corrected chi connectivity index (χ4v) is 4.17. The second-order valence-corrected chi connectivity index (χ2v) is 7.79. The molecule has 0 spiro atoms. The van der Waals surface area contributed by atoms with E-state index < -0.39 is 0 Å². The molecule has 0 aliphatic heterocycles. The van der Waals surface area contributed by atoms with E-state index in [-0.39, 0.29) is 11.5 Å². The Morgan fingerprint density at radius 2 is 1.87 bits per heavy atom. The van der Waals surface area contributed by atoms with Crippen molar-refractivity contribution in [1.29, 1.82) is 0 Å². The van der Waals surface area contributed by atoms with Crippen LogP contribution in [0.15, 0.2) is 66.7 Å². The van der Waals surface area contributed by atoms with Gasteiger partial charge in [-0.25, -0.2) is 4.98 Å². The third-order valence-electron chi connectivity index (χ3n) is 4.71. The lowest BCUT2D eigenvalue weighted by atomic mass is 10.0. The molecule has 1 aromatic heterocycles. The van der Waals surface area contributed by atoms with Gasteiger partial charge in [0.25, 0.3) is 0 Å². The number of methoxy groups -OCH3 is 1. The average Bonchev–Trinajstić information content (AvgIpc) is 3.22. The van der Waals surface area contributed by atoms with E-state index in [1.54, 1.807) is 48.5 Å². The van der Waals surface area contributed by atoms with Crippen LogP contribution in [0.4, 0.5) is 0 Å². The summed E-state index contributed by atoms with van der Waals surface area (Å²) in [5, 5.41) is 10.5. The van der Waals surface area contributed by atoms with Gasteiger partial charge in [0.1, 0.15) is 10.8 Å². The van der Waals surface area contributed by atoms with Gasteiger partial charge in [0.2, 0.25) is 0 Å². The first kappa shape index (κ1) is 20.6. The molecule has 0 amide bonds. The number of hydrogen-bond donors (Lipinski definition) is 1.